The predicted molar refractivity (Wildman–Crippen MR) is 178 cm³/mol. The monoisotopic (exact) mass is 783 g/mol. The Morgan fingerprint density at radius 3 is 2.81 bits per heavy atom. The first kappa shape index (κ1) is 27.0. The zero-order valence-corrected chi connectivity index (χ0v) is 29.7. The second kappa shape index (κ2) is 14.1. The molecule has 0 saturated carbocycles. The van der Waals surface area contributed by atoms with Gasteiger partial charge in [0.2, 0.25) is 0 Å². The third-order valence-corrected chi connectivity index (χ3v) is 10.8. The molecule has 7 rings (SSSR count). The molecule has 0 bridgehead atoms. The minimum atomic E-state index is -2.16. The first-order chi connectivity index (χ1) is 22.2. The third kappa shape index (κ3) is 7.45. The third-order valence-electron chi connectivity index (χ3n) is 9.41. The van der Waals surface area contributed by atoms with Crippen molar-refractivity contribution >= 4 is 17.5 Å². The molecule has 3 unspecified atom stereocenters. The Morgan fingerprint density at radius 1 is 1.23 bits per heavy atom. The number of hydrogen-bond donors (Lipinski definition) is 0. The Labute approximate surface area is 286 Å². The number of thioether (sulfide) groups is 1. The van der Waals surface area contributed by atoms with E-state index >= 15 is 0 Å². The van der Waals surface area contributed by atoms with Gasteiger partial charge in [0.15, 0.2) is 6.23 Å². The molecule has 7 aliphatic rings. The maximum Gasteiger partial charge on any atom is 0.171 e. The number of ether oxygens (including phenoxy) is 1. The zero-order valence-electron chi connectivity index (χ0n) is 31.5. The van der Waals surface area contributed by atoms with Gasteiger partial charge in [0.1, 0.15) is 0 Å². The van der Waals surface area contributed by atoms with Gasteiger partial charge < -0.3 is 21.1 Å². The number of fused-ring (bicyclic) bond motifs is 4. The quantitative estimate of drug-likeness (QED) is 0.268. The molecule has 0 aromatic rings. The molecule has 4 nitrogen and oxygen atoms in total. The summed E-state index contributed by atoms with van der Waals surface area (Å²) in [4.78, 5) is 5.37. The van der Waals surface area contributed by atoms with Crippen LogP contribution in [0.5, 0.6) is 0 Å². The van der Waals surface area contributed by atoms with Crippen LogP contribution >= 0.6 is 11.8 Å². The molecular weight excluding hydrogens is 727 g/mol. The van der Waals surface area contributed by atoms with Crippen molar-refractivity contribution in [3.63, 3.8) is 0 Å². The zero-order chi connectivity index (χ0) is 33.7. The fourth-order valence-corrected chi connectivity index (χ4v) is 8.88. The van der Waals surface area contributed by atoms with Gasteiger partial charge >= 0.3 is 0 Å². The van der Waals surface area contributed by atoms with Crippen LogP contribution in [0.3, 0.4) is 0 Å². The summed E-state index contributed by atoms with van der Waals surface area (Å²) in [5.41, 5.74) is 5.78. The van der Waals surface area contributed by atoms with Gasteiger partial charge in [0.25, 0.3) is 0 Å². The molecule has 2 aliphatic carbocycles. The van der Waals surface area contributed by atoms with Crippen LogP contribution in [-0.4, -0.2) is 36.3 Å². The summed E-state index contributed by atoms with van der Waals surface area (Å²) >= 11 is 1.63. The van der Waals surface area contributed by atoms with Gasteiger partial charge in [-0.3, -0.25) is 11.1 Å². The molecule has 5 heterocycles. The molecule has 0 amide bonds. The van der Waals surface area contributed by atoms with E-state index in [0.29, 0.717) is 13.0 Å². The molecule has 0 spiro atoms. The summed E-state index contributed by atoms with van der Waals surface area (Å²) in [6, 6.07) is -0.0859. The van der Waals surface area contributed by atoms with Crippen molar-refractivity contribution in [2.24, 2.45) is 28.2 Å². The van der Waals surface area contributed by atoms with E-state index in [1.807, 2.05) is 20.8 Å². The molecule has 43 heavy (non-hydrogen) atoms. The van der Waals surface area contributed by atoms with Crippen LogP contribution in [0.15, 0.2) is 55.8 Å². The normalized spacial score (nSPS) is 35.8. The van der Waals surface area contributed by atoms with E-state index in [9.17, 15) is 0 Å². The van der Waals surface area contributed by atoms with Crippen molar-refractivity contribution in [2.75, 3.05) is 13.1 Å². The Bertz CT molecular complexity index is 1420. The fraction of sp³-hybridized carbons (Fsp3) is 0.676. The van der Waals surface area contributed by atoms with Crippen LogP contribution in [0.4, 0.5) is 0 Å². The molecule has 0 aromatic heterocycles. The molecule has 1 fully saturated rings. The van der Waals surface area contributed by atoms with E-state index in [0.717, 1.165) is 60.0 Å². The van der Waals surface area contributed by atoms with E-state index in [-0.39, 0.29) is 48.9 Å². The Morgan fingerprint density at radius 2 is 2.09 bits per heavy atom. The maximum atomic E-state index is 8.89. The summed E-state index contributed by atoms with van der Waals surface area (Å²) in [7, 11) is 0. The van der Waals surface area contributed by atoms with Crippen LogP contribution in [0.2, 0.25) is 0 Å². The summed E-state index contributed by atoms with van der Waals surface area (Å²) in [6.45, 7) is 9.65. The SMILES string of the molecule is C[C@H]1CC=C(C2=[C-]CCCC2)[N-]C1.[2H]C([2H])([2H])C1=NC2OC3=C(C4[N-]CC=C5C(C)=C(C([2H])([2H])C(C)(C)C)S[C@@H]54)[CH-]CC[C@H]3C2CC1.[Ir]. The molecule has 0 N–H and O–H groups in total. The first-order valence-corrected chi connectivity index (χ1v) is 17.1. The smallest absolute Gasteiger partial charge is 0.171 e. The molecule has 1 radical (unpaired) electrons. The molecule has 239 valence electrons. The van der Waals surface area contributed by atoms with Crippen LogP contribution in [0.25, 0.3) is 10.6 Å². The Hall–Kier alpha value is -1.20. The van der Waals surface area contributed by atoms with Crippen molar-refractivity contribution < 1.29 is 31.7 Å². The fourth-order valence-electron chi connectivity index (χ4n) is 7.21. The number of nitrogens with zero attached hydrogens (tertiary/aromatic N) is 3. The van der Waals surface area contributed by atoms with E-state index < -0.39 is 24.9 Å². The molecule has 0 aromatic carbocycles. The summed E-state index contributed by atoms with van der Waals surface area (Å²) < 4.78 is 47.5. The van der Waals surface area contributed by atoms with Gasteiger partial charge in [-0.2, -0.15) is 11.6 Å². The molecular formula is C37H51IrN3OS-4. The maximum absolute atomic E-state index is 8.89. The van der Waals surface area contributed by atoms with Crippen molar-refractivity contribution in [1.29, 1.82) is 0 Å². The predicted octanol–water partition coefficient (Wildman–Crippen LogP) is 10.2. The topological polar surface area (TPSA) is 49.8 Å². The molecule has 6 atom stereocenters. The number of aliphatic imine (C=N–C) groups is 1. The first-order valence-electron chi connectivity index (χ1n) is 18.7. The molecule has 6 heteroatoms. The van der Waals surface area contributed by atoms with Crippen LogP contribution in [0, 0.1) is 35.7 Å². The molecule has 1 saturated heterocycles. The summed E-state index contributed by atoms with van der Waals surface area (Å²) in [6.07, 6.45) is 17.8. The number of hydrogen-bond acceptors (Lipinski definition) is 3. The average Bonchev–Trinajstić information content (AvgIpc) is 3.59. The summed E-state index contributed by atoms with van der Waals surface area (Å²) in [5, 5.41) is 9.64. The van der Waals surface area contributed by atoms with E-state index in [2.05, 4.69) is 48.8 Å². The Kier molecular flexibility index (Phi) is 8.82. The van der Waals surface area contributed by atoms with Gasteiger partial charge in [0.05, 0.1) is 0 Å². The minimum Gasteiger partial charge on any atom is -0.769 e. The van der Waals surface area contributed by atoms with Gasteiger partial charge in [-0.25, -0.2) is 12.0 Å². The van der Waals surface area contributed by atoms with Gasteiger partial charge in [0, 0.05) is 43.8 Å². The van der Waals surface area contributed by atoms with Crippen LogP contribution in [-0.2, 0) is 24.8 Å². The van der Waals surface area contributed by atoms with Gasteiger partial charge in [-0.15, -0.1) is 49.8 Å². The Balaban J connectivity index is 0.000000270. The van der Waals surface area contributed by atoms with Crippen LogP contribution < -0.4 is 0 Å². The summed E-state index contributed by atoms with van der Waals surface area (Å²) in [5.74, 6) is 2.19. The largest absolute Gasteiger partial charge is 0.769 e. The standard InChI is InChI=1S/C25H34N2OS.C12H17N.Ir/c1-14-9-10-18-17-7-6-8-19(22(17)28-24(18)27-14)21-23-16(11-12-26-21)15(2)20(29-23)13-25(3,4)5;1-10-7-8-12(13-9-10)11-5-3-2-4-6-11;/h8,11,17-18,21,23-24H,6-7,9-10,12-13H2,1-5H3;8,10H,2-5,7,9H2,1H3;/q2*-2;/t17-,18?,21?,23-,24?;10-;/m00./s1/i1D3,13D2;;. The van der Waals surface area contributed by atoms with E-state index in [4.69, 9.17) is 16.9 Å². The second-order valence-electron chi connectivity index (χ2n) is 14.0. The average molecular weight is 783 g/mol. The minimum absolute atomic E-state index is 0. The second-order valence-corrected chi connectivity index (χ2v) is 15.1. The van der Waals surface area contributed by atoms with E-state index in [1.54, 1.807) is 11.8 Å². The van der Waals surface area contributed by atoms with Crippen molar-refractivity contribution in [2.45, 2.75) is 123 Å². The van der Waals surface area contributed by atoms with Crippen molar-refractivity contribution in [3.05, 3.63) is 73.9 Å². The van der Waals surface area contributed by atoms with Crippen LogP contribution in [0.1, 0.15) is 112 Å². The van der Waals surface area contributed by atoms with E-state index in [1.165, 1.54) is 42.5 Å². The van der Waals surface area contributed by atoms with Gasteiger partial charge in [-0.05, 0) is 66.1 Å². The number of rotatable bonds is 3. The molecule has 5 aliphatic heterocycles. The van der Waals surface area contributed by atoms with Crippen molar-refractivity contribution in [1.82, 2.24) is 0 Å². The number of allylic oxidation sites excluding steroid dienone is 6. The van der Waals surface area contributed by atoms with Gasteiger partial charge in [-0.1, -0.05) is 65.7 Å². The van der Waals surface area contributed by atoms with Crippen molar-refractivity contribution in [3.8, 4) is 0 Å².